The predicted molar refractivity (Wildman–Crippen MR) is 45.9 cm³/mol. The van der Waals surface area contributed by atoms with E-state index in [2.05, 4.69) is 10.1 Å². The van der Waals surface area contributed by atoms with Crippen molar-refractivity contribution in [1.82, 2.24) is 5.32 Å². The molecule has 0 aromatic rings. The second-order valence-corrected chi connectivity index (χ2v) is 3.07. The van der Waals surface area contributed by atoms with Gasteiger partial charge in [0.15, 0.2) is 6.10 Å². The molecule has 2 amide bonds. The molecule has 13 heavy (non-hydrogen) atoms. The normalized spacial score (nSPS) is 24.0. The Kier molecular flexibility index (Phi) is 3.54. The van der Waals surface area contributed by atoms with Crippen LogP contribution in [0.5, 0.6) is 0 Å². The first-order chi connectivity index (χ1) is 6.20. The smallest absolute Gasteiger partial charge is 0.405 e. The number of ether oxygens (including phenoxy) is 1. The van der Waals surface area contributed by atoms with Gasteiger partial charge in [-0.3, -0.25) is 4.79 Å². The van der Waals surface area contributed by atoms with Crippen LogP contribution in [0.3, 0.4) is 0 Å². The first-order valence-corrected chi connectivity index (χ1v) is 4.44. The van der Waals surface area contributed by atoms with Crippen molar-refractivity contribution in [3.63, 3.8) is 0 Å². The molecular weight excluding hydrogens is 172 g/mol. The van der Waals surface area contributed by atoms with E-state index >= 15 is 0 Å². The number of carbonyl (C=O) groups excluding carboxylic acids is 2. The number of carbonyl (C=O) groups is 2. The summed E-state index contributed by atoms with van der Waals surface area (Å²) in [6.07, 6.45) is 1.90. The van der Waals surface area contributed by atoms with E-state index in [0.29, 0.717) is 13.0 Å². The van der Waals surface area contributed by atoms with Crippen LogP contribution in [0.25, 0.3) is 0 Å². The van der Waals surface area contributed by atoms with E-state index in [1.807, 2.05) is 0 Å². The first kappa shape index (κ1) is 9.83. The molecule has 0 radical (unpaired) electrons. The van der Waals surface area contributed by atoms with Crippen molar-refractivity contribution in [3.05, 3.63) is 0 Å². The lowest BCUT2D eigenvalue weighted by atomic mass is 10.1. The molecule has 0 aromatic carbocycles. The van der Waals surface area contributed by atoms with Crippen LogP contribution in [0, 0.1) is 0 Å². The number of rotatable bonds is 1. The Morgan fingerprint density at radius 3 is 2.92 bits per heavy atom. The van der Waals surface area contributed by atoms with Gasteiger partial charge in [-0.05, 0) is 19.3 Å². The minimum atomic E-state index is -0.888. The predicted octanol–water partition coefficient (Wildman–Crippen LogP) is 0.140. The van der Waals surface area contributed by atoms with Gasteiger partial charge in [0.1, 0.15) is 0 Å². The number of hydrogen-bond acceptors (Lipinski definition) is 3. The van der Waals surface area contributed by atoms with Crippen LogP contribution in [0.2, 0.25) is 0 Å². The Morgan fingerprint density at radius 1 is 1.46 bits per heavy atom. The molecule has 5 heteroatoms. The summed E-state index contributed by atoms with van der Waals surface area (Å²) < 4.78 is 4.67. The Morgan fingerprint density at radius 2 is 2.23 bits per heavy atom. The van der Waals surface area contributed by atoms with Gasteiger partial charge in [-0.15, -0.1) is 0 Å². The highest BCUT2D eigenvalue weighted by molar-refractivity contribution is 5.83. The quantitative estimate of drug-likeness (QED) is 0.611. The molecule has 1 aliphatic heterocycles. The van der Waals surface area contributed by atoms with Crippen LogP contribution in [0.1, 0.15) is 25.7 Å². The lowest BCUT2D eigenvalue weighted by molar-refractivity contribution is -0.130. The highest BCUT2D eigenvalue weighted by Crippen LogP contribution is 2.09. The number of primary amides is 1. The molecule has 1 saturated heterocycles. The largest absolute Gasteiger partial charge is 0.436 e. The molecular formula is C8H14N2O3. The molecule has 1 heterocycles. The SMILES string of the molecule is NC(=O)OC1CCCCCNC1=O. The average Bonchev–Trinajstić information content (AvgIpc) is 2.04. The minimum absolute atomic E-state index is 0.237. The third-order valence-corrected chi connectivity index (χ3v) is 1.99. The Bertz CT molecular complexity index is 206. The zero-order valence-electron chi connectivity index (χ0n) is 7.41. The molecule has 1 rings (SSSR count). The number of hydrogen-bond donors (Lipinski definition) is 2. The second kappa shape index (κ2) is 4.69. The summed E-state index contributed by atoms with van der Waals surface area (Å²) in [5, 5.41) is 2.67. The topological polar surface area (TPSA) is 81.4 Å². The van der Waals surface area contributed by atoms with Gasteiger partial charge in [0.2, 0.25) is 0 Å². The summed E-state index contributed by atoms with van der Waals surface area (Å²) >= 11 is 0. The fourth-order valence-electron chi connectivity index (χ4n) is 1.34. The zero-order valence-corrected chi connectivity index (χ0v) is 7.41. The molecule has 5 nitrogen and oxygen atoms in total. The van der Waals surface area contributed by atoms with E-state index < -0.39 is 12.2 Å². The van der Waals surface area contributed by atoms with Crippen molar-refractivity contribution in [2.45, 2.75) is 31.8 Å². The fourth-order valence-corrected chi connectivity index (χ4v) is 1.34. The van der Waals surface area contributed by atoms with E-state index in [-0.39, 0.29) is 5.91 Å². The number of amides is 2. The maximum Gasteiger partial charge on any atom is 0.405 e. The summed E-state index contributed by atoms with van der Waals surface area (Å²) in [7, 11) is 0. The van der Waals surface area contributed by atoms with Crippen molar-refractivity contribution in [3.8, 4) is 0 Å². The highest BCUT2D eigenvalue weighted by atomic mass is 16.6. The zero-order chi connectivity index (χ0) is 9.68. The Hall–Kier alpha value is -1.26. The van der Waals surface area contributed by atoms with Crippen LogP contribution in [0.4, 0.5) is 4.79 Å². The third kappa shape index (κ3) is 3.31. The summed E-state index contributed by atoms with van der Waals surface area (Å²) in [6, 6.07) is 0. The molecule has 0 aromatic heterocycles. The van der Waals surface area contributed by atoms with Crippen LogP contribution < -0.4 is 11.1 Å². The van der Waals surface area contributed by atoms with Crippen molar-refractivity contribution >= 4 is 12.0 Å². The molecule has 1 atom stereocenters. The fraction of sp³-hybridized carbons (Fsp3) is 0.750. The van der Waals surface area contributed by atoms with Gasteiger partial charge >= 0.3 is 6.09 Å². The van der Waals surface area contributed by atoms with Gasteiger partial charge in [0.05, 0.1) is 0 Å². The average molecular weight is 186 g/mol. The van der Waals surface area contributed by atoms with Gasteiger partial charge in [0, 0.05) is 6.54 Å². The van der Waals surface area contributed by atoms with E-state index in [0.717, 1.165) is 19.3 Å². The molecule has 74 valence electrons. The summed E-state index contributed by atoms with van der Waals surface area (Å²) in [4.78, 5) is 21.7. The van der Waals surface area contributed by atoms with Gasteiger partial charge in [-0.1, -0.05) is 6.42 Å². The van der Waals surface area contributed by atoms with E-state index in [1.165, 1.54) is 0 Å². The summed E-state index contributed by atoms with van der Waals surface area (Å²) in [6.45, 7) is 0.650. The van der Waals surface area contributed by atoms with Crippen molar-refractivity contribution < 1.29 is 14.3 Å². The maximum atomic E-state index is 11.3. The van der Waals surface area contributed by atoms with Crippen LogP contribution in [-0.4, -0.2) is 24.6 Å². The lowest BCUT2D eigenvalue weighted by Gasteiger charge is -2.18. The molecule has 1 aliphatic rings. The second-order valence-electron chi connectivity index (χ2n) is 3.07. The maximum absolute atomic E-state index is 11.3. The van der Waals surface area contributed by atoms with E-state index in [1.54, 1.807) is 0 Å². The molecule has 1 fully saturated rings. The van der Waals surface area contributed by atoms with Crippen LogP contribution >= 0.6 is 0 Å². The molecule has 0 spiro atoms. The van der Waals surface area contributed by atoms with Crippen molar-refractivity contribution in [2.75, 3.05) is 6.54 Å². The van der Waals surface area contributed by atoms with Gasteiger partial charge in [0.25, 0.3) is 5.91 Å². The monoisotopic (exact) mass is 186 g/mol. The molecule has 0 saturated carbocycles. The number of nitrogens with two attached hydrogens (primary N) is 1. The summed E-state index contributed by atoms with van der Waals surface area (Å²) in [5.41, 5.74) is 4.83. The highest BCUT2D eigenvalue weighted by Gasteiger charge is 2.22. The van der Waals surface area contributed by atoms with Crippen LogP contribution in [0.15, 0.2) is 0 Å². The van der Waals surface area contributed by atoms with Crippen molar-refractivity contribution in [1.29, 1.82) is 0 Å². The van der Waals surface area contributed by atoms with E-state index in [4.69, 9.17) is 5.73 Å². The molecule has 0 bridgehead atoms. The molecule has 1 unspecified atom stereocenters. The van der Waals surface area contributed by atoms with Gasteiger partial charge in [-0.25, -0.2) is 4.79 Å². The Labute approximate surface area is 76.6 Å². The standard InChI is InChI=1S/C8H14N2O3/c9-8(12)13-6-4-2-1-3-5-10-7(6)11/h6H,1-5H2,(H2,9,12)(H,10,11). The van der Waals surface area contributed by atoms with Crippen molar-refractivity contribution in [2.24, 2.45) is 5.73 Å². The van der Waals surface area contributed by atoms with Gasteiger partial charge < -0.3 is 15.8 Å². The van der Waals surface area contributed by atoms with E-state index in [9.17, 15) is 9.59 Å². The minimum Gasteiger partial charge on any atom is -0.436 e. The summed E-state index contributed by atoms with van der Waals surface area (Å²) in [5.74, 6) is -0.237. The first-order valence-electron chi connectivity index (χ1n) is 4.44. The molecule has 3 N–H and O–H groups in total. The lowest BCUT2D eigenvalue weighted by Crippen LogP contribution is -2.40. The van der Waals surface area contributed by atoms with Gasteiger partial charge in [-0.2, -0.15) is 0 Å². The number of nitrogens with one attached hydrogen (secondary N) is 1. The Balaban J connectivity index is 2.46. The third-order valence-electron chi connectivity index (χ3n) is 1.99. The molecule has 0 aliphatic carbocycles. The van der Waals surface area contributed by atoms with Crippen LogP contribution in [-0.2, 0) is 9.53 Å².